The molecule has 6 heteroatoms. The summed E-state index contributed by atoms with van der Waals surface area (Å²) in [6.07, 6.45) is 0.0891. The number of carbonyl (C=O) groups is 2. The molecule has 0 bridgehead atoms. The number of hydrogen-bond donors (Lipinski definition) is 2. The number of benzene rings is 2. The van der Waals surface area contributed by atoms with Gasteiger partial charge < -0.3 is 10.1 Å². The predicted octanol–water partition coefficient (Wildman–Crippen LogP) is 3.82. The van der Waals surface area contributed by atoms with Crippen LogP contribution in [0.25, 0.3) is 0 Å². The first-order valence-electron chi connectivity index (χ1n) is 9.13. The second-order valence-corrected chi connectivity index (χ2v) is 6.99. The average molecular weight is 381 g/mol. The summed E-state index contributed by atoms with van der Waals surface area (Å²) < 4.78 is 5.42. The highest BCUT2D eigenvalue weighted by Gasteiger charge is 2.10. The number of nitrogens with zero attached hydrogens (tertiary/aromatic N) is 1. The van der Waals surface area contributed by atoms with Gasteiger partial charge in [-0.15, -0.1) is 0 Å². The molecule has 0 aromatic heterocycles. The molecular formula is C22H27N3O3. The standard InChI is InChI=1S/C22H27N3O3/c1-14-7-6-8-19(11-14)28-13-21(27)25-24-18(5)12-20(26)23-22-16(3)9-15(2)10-17(22)4/h6-11H,12-13H2,1-5H3,(H,23,26)(H,25,27). The number of aryl methyl sites for hydroxylation is 4. The summed E-state index contributed by atoms with van der Waals surface area (Å²) in [6.45, 7) is 9.44. The van der Waals surface area contributed by atoms with Crippen molar-refractivity contribution in [1.82, 2.24) is 5.43 Å². The normalized spacial score (nSPS) is 11.1. The van der Waals surface area contributed by atoms with E-state index in [1.165, 1.54) is 0 Å². The minimum atomic E-state index is -0.383. The molecule has 0 aliphatic rings. The topological polar surface area (TPSA) is 79.8 Å². The van der Waals surface area contributed by atoms with Gasteiger partial charge in [-0.25, -0.2) is 5.43 Å². The second kappa shape index (κ2) is 9.69. The molecule has 0 atom stereocenters. The van der Waals surface area contributed by atoms with Crippen LogP contribution in [0, 0.1) is 27.7 Å². The first-order chi connectivity index (χ1) is 13.2. The number of amides is 2. The third-order valence-electron chi connectivity index (χ3n) is 4.09. The molecule has 0 saturated carbocycles. The first kappa shape index (κ1) is 21.2. The maximum atomic E-state index is 12.3. The zero-order chi connectivity index (χ0) is 20.7. The molecule has 2 amide bonds. The van der Waals surface area contributed by atoms with Crippen LogP contribution in [0.3, 0.4) is 0 Å². The van der Waals surface area contributed by atoms with Gasteiger partial charge in [-0.05, 0) is 63.4 Å². The van der Waals surface area contributed by atoms with E-state index in [-0.39, 0.29) is 24.8 Å². The second-order valence-electron chi connectivity index (χ2n) is 6.99. The summed E-state index contributed by atoms with van der Waals surface area (Å²) in [5, 5.41) is 6.89. The Labute approximate surface area is 166 Å². The van der Waals surface area contributed by atoms with Crippen LogP contribution >= 0.6 is 0 Å². The SMILES string of the molecule is CC(CC(=O)Nc1c(C)cc(C)cc1C)=NNC(=O)COc1cccc(C)c1. The Hall–Kier alpha value is -3.15. The van der Waals surface area contributed by atoms with Gasteiger partial charge in [-0.1, -0.05) is 29.8 Å². The van der Waals surface area contributed by atoms with Crippen LogP contribution in [0.15, 0.2) is 41.5 Å². The zero-order valence-corrected chi connectivity index (χ0v) is 17.1. The van der Waals surface area contributed by atoms with Crippen molar-refractivity contribution in [3.63, 3.8) is 0 Å². The molecule has 2 rings (SSSR count). The van der Waals surface area contributed by atoms with Gasteiger partial charge in [0.2, 0.25) is 5.91 Å². The van der Waals surface area contributed by atoms with Crippen LogP contribution in [0.2, 0.25) is 0 Å². The molecule has 0 aliphatic carbocycles. The Morgan fingerprint density at radius 3 is 2.29 bits per heavy atom. The summed E-state index contributed by atoms with van der Waals surface area (Å²) in [7, 11) is 0. The van der Waals surface area contributed by atoms with Gasteiger partial charge in [0.05, 0.1) is 6.42 Å². The van der Waals surface area contributed by atoms with E-state index in [0.717, 1.165) is 27.9 Å². The van der Waals surface area contributed by atoms with E-state index in [4.69, 9.17) is 4.74 Å². The quantitative estimate of drug-likeness (QED) is 0.565. The van der Waals surface area contributed by atoms with E-state index in [0.29, 0.717) is 11.5 Å². The predicted molar refractivity (Wildman–Crippen MR) is 112 cm³/mol. The van der Waals surface area contributed by atoms with E-state index < -0.39 is 0 Å². The fourth-order valence-corrected chi connectivity index (χ4v) is 2.88. The molecule has 0 saturated heterocycles. The third-order valence-corrected chi connectivity index (χ3v) is 4.09. The van der Waals surface area contributed by atoms with Crippen molar-refractivity contribution < 1.29 is 14.3 Å². The van der Waals surface area contributed by atoms with E-state index in [1.807, 2.05) is 58.0 Å². The van der Waals surface area contributed by atoms with Crippen molar-refractivity contribution in [3.8, 4) is 5.75 Å². The fourth-order valence-electron chi connectivity index (χ4n) is 2.88. The summed E-state index contributed by atoms with van der Waals surface area (Å²) >= 11 is 0. The smallest absolute Gasteiger partial charge is 0.277 e. The number of ether oxygens (including phenoxy) is 1. The minimum absolute atomic E-state index is 0.0891. The number of hydrazone groups is 1. The number of nitrogens with one attached hydrogen (secondary N) is 2. The van der Waals surface area contributed by atoms with Crippen LogP contribution in [-0.4, -0.2) is 24.1 Å². The number of carbonyl (C=O) groups excluding carboxylic acids is 2. The van der Waals surface area contributed by atoms with E-state index in [2.05, 4.69) is 15.8 Å². The Morgan fingerprint density at radius 2 is 1.64 bits per heavy atom. The van der Waals surface area contributed by atoms with Gasteiger partial charge in [0, 0.05) is 11.4 Å². The lowest BCUT2D eigenvalue weighted by Crippen LogP contribution is -2.26. The Bertz CT molecular complexity index is 881. The molecule has 148 valence electrons. The lowest BCUT2D eigenvalue weighted by atomic mass is 10.0. The summed E-state index contributed by atoms with van der Waals surface area (Å²) in [6, 6.07) is 11.5. The van der Waals surface area contributed by atoms with Gasteiger partial charge in [0.15, 0.2) is 6.61 Å². The largest absolute Gasteiger partial charge is 0.484 e. The molecule has 0 aliphatic heterocycles. The van der Waals surface area contributed by atoms with Crippen molar-refractivity contribution in [2.75, 3.05) is 11.9 Å². The number of hydrogen-bond acceptors (Lipinski definition) is 4. The van der Waals surface area contributed by atoms with Gasteiger partial charge in [0.1, 0.15) is 5.75 Å². The summed E-state index contributed by atoms with van der Waals surface area (Å²) in [5.74, 6) is 0.0621. The maximum Gasteiger partial charge on any atom is 0.277 e. The van der Waals surface area contributed by atoms with Gasteiger partial charge in [-0.3, -0.25) is 9.59 Å². The molecular weight excluding hydrogens is 354 g/mol. The molecule has 2 aromatic rings. The summed E-state index contributed by atoms with van der Waals surface area (Å²) in [5.41, 5.74) is 7.97. The highest BCUT2D eigenvalue weighted by Crippen LogP contribution is 2.22. The number of rotatable bonds is 7. The maximum absolute atomic E-state index is 12.3. The average Bonchev–Trinajstić information content (AvgIpc) is 2.61. The van der Waals surface area contributed by atoms with Crippen molar-refractivity contribution in [2.24, 2.45) is 5.10 Å². The van der Waals surface area contributed by atoms with Crippen LogP contribution in [0.1, 0.15) is 35.6 Å². The molecule has 0 unspecified atom stereocenters. The van der Waals surface area contributed by atoms with Crippen molar-refractivity contribution >= 4 is 23.2 Å². The zero-order valence-electron chi connectivity index (χ0n) is 17.1. The Morgan fingerprint density at radius 1 is 0.964 bits per heavy atom. The van der Waals surface area contributed by atoms with Crippen LogP contribution in [0.4, 0.5) is 5.69 Å². The minimum Gasteiger partial charge on any atom is -0.484 e. The fraction of sp³-hybridized carbons (Fsp3) is 0.318. The lowest BCUT2D eigenvalue weighted by molar-refractivity contribution is -0.123. The molecule has 2 N–H and O–H groups in total. The molecule has 28 heavy (non-hydrogen) atoms. The number of anilines is 1. The molecule has 0 spiro atoms. The molecule has 0 fully saturated rings. The van der Waals surface area contributed by atoms with E-state index in [1.54, 1.807) is 13.0 Å². The monoisotopic (exact) mass is 381 g/mol. The Balaban J connectivity index is 1.83. The van der Waals surface area contributed by atoms with Crippen molar-refractivity contribution in [3.05, 3.63) is 58.7 Å². The highest BCUT2D eigenvalue weighted by atomic mass is 16.5. The van der Waals surface area contributed by atoms with Crippen molar-refractivity contribution in [1.29, 1.82) is 0 Å². The summed E-state index contributed by atoms with van der Waals surface area (Å²) in [4.78, 5) is 24.1. The lowest BCUT2D eigenvalue weighted by Gasteiger charge is -2.12. The van der Waals surface area contributed by atoms with E-state index in [9.17, 15) is 9.59 Å². The van der Waals surface area contributed by atoms with Crippen LogP contribution in [-0.2, 0) is 9.59 Å². The van der Waals surface area contributed by atoms with E-state index >= 15 is 0 Å². The molecule has 0 radical (unpaired) electrons. The van der Waals surface area contributed by atoms with Crippen LogP contribution < -0.4 is 15.5 Å². The Kier molecular flexibility index (Phi) is 7.32. The first-order valence-corrected chi connectivity index (χ1v) is 9.13. The van der Waals surface area contributed by atoms with Gasteiger partial charge in [-0.2, -0.15) is 5.10 Å². The highest BCUT2D eigenvalue weighted by molar-refractivity contribution is 6.06. The van der Waals surface area contributed by atoms with Gasteiger partial charge in [0.25, 0.3) is 5.91 Å². The van der Waals surface area contributed by atoms with Crippen molar-refractivity contribution in [2.45, 2.75) is 41.0 Å². The van der Waals surface area contributed by atoms with Gasteiger partial charge >= 0.3 is 0 Å². The molecule has 6 nitrogen and oxygen atoms in total. The van der Waals surface area contributed by atoms with Crippen LogP contribution in [0.5, 0.6) is 5.75 Å². The molecule has 0 heterocycles. The molecule has 2 aromatic carbocycles. The third kappa shape index (κ3) is 6.54.